The number of nitrogens with zero attached hydrogens (tertiary/aromatic N) is 3. The van der Waals surface area contributed by atoms with E-state index in [0.717, 1.165) is 29.8 Å². The Hall–Kier alpha value is -4.20. The van der Waals surface area contributed by atoms with Crippen LogP contribution in [0.5, 0.6) is 0 Å². The van der Waals surface area contributed by atoms with Gasteiger partial charge in [0.2, 0.25) is 0 Å². The highest BCUT2D eigenvalue weighted by Gasteiger charge is 2.24. The van der Waals surface area contributed by atoms with E-state index in [2.05, 4.69) is 25.9 Å². The zero-order valence-electron chi connectivity index (χ0n) is 21.1. The topological polar surface area (TPSA) is 101 Å². The molecule has 1 aliphatic rings. The standard InChI is InChI=1S/C26H26N6O2.C2H6/c1-3-27-26(34)22-14-20-23(28-15-29-24(20)32(22)19-7-5-4-6-8-19)31-21-13-17(10-9-16(21)2)25(33)30-18-11-12-18;1-2/h4-10,13-15,18H,3,11-12H2,1-2H3,(H,27,34)(H,30,33)(H,28,29,31);1-2H3. The van der Waals surface area contributed by atoms with Gasteiger partial charge in [0, 0.05) is 29.5 Å². The van der Waals surface area contributed by atoms with Crippen LogP contribution < -0.4 is 16.0 Å². The van der Waals surface area contributed by atoms with E-state index in [-0.39, 0.29) is 17.9 Å². The molecule has 2 amide bonds. The number of hydrogen-bond donors (Lipinski definition) is 3. The van der Waals surface area contributed by atoms with Crippen molar-refractivity contribution in [1.29, 1.82) is 0 Å². The van der Waals surface area contributed by atoms with Gasteiger partial charge in [-0.2, -0.15) is 0 Å². The molecule has 5 rings (SSSR count). The molecule has 186 valence electrons. The van der Waals surface area contributed by atoms with Gasteiger partial charge < -0.3 is 16.0 Å². The molecule has 8 nitrogen and oxygen atoms in total. The highest BCUT2D eigenvalue weighted by atomic mass is 16.2. The Morgan fingerprint density at radius 2 is 1.75 bits per heavy atom. The molecule has 3 N–H and O–H groups in total. The molecule has 2 heterocycles. The molecule has 8 heteroatoms. The third-order valence-electron chi connectivity index (χ3n) is 5.85. The van der Waals surface area contributed by atoms with Gasteiger partial charge in [0.15, 0.2) is 5.65 Å². The van der Waals surface area contributed by atoms with E-state index in [1.807, 2.05) is 80.8 Å². The summed E-state index contributed by atoms with van der Waals surface area (Å²) in [6.07, 6.45) is 3.55. The lowest BCUT2D eigenvalue weighted by Crippen LogP contribution is -2.25. The normalized spacial score (nSPS) is 12.4. The van der Waals surface area contributed by atoms with E-state index in [1.165, 1.54) is 6.33 Å². The summed E-state index contributed by atoms with van der Waals surface area (Å²) in [4.78, 5) is 34.4. The van der Waals surface area contributed by atoms with E-state index in [1.54, 1.807) is 6.07 Å². The number of hydrogen-bond acceptors (Lipinski definition) is 5. The zero-order chi connectivity index (χ0) is 25.7. The van der Waals surface area contributed by atoms with E-state index in [9.17, 15) is 9.59 Å². The summed E-state index contributed by atoms with van der Waals surface area (Å²) in [6.45, 7) is 8.37. The molecule has 1 saturated carbocycles. The molecule has 0 bridgehead atoms. The molecule has 0 saturated heterocycles. The number of carbonyl (C=O) groups is 2. The second-order valence-corrected chi connectivity index (χ2v) is 8.42. The summed E-state index contributed by atoms with van der Waals surface area (Å²) in [5.74, 6) is 0.297. The molecule has 0 aliphatic heterocycles. The van der Waals surface area contributed by atoms with Crippen molar-refractivity contribution in [2.24, 2.45) is 0 Å². The number of aromatic nitrogens is 3. The number of fused-ring (bicyclic) bond motifs is 1. The van der Waals surface area contributed by atoms with Crippen molar-refractivity contribution in [2.45, 2.75) is 46.6 Å². The third-order valence-corrected chi connectivity index (χ3v) is 5.85. The van der Waals surface area contributed by atoms with Crippen molar-refractivity contribution >= 4 is 34.4 Å². The quantitative estimate of drug-likeness (QED) is 0.337. The summed E-state index contributed by atoms with van der Waals surface area (Å²) in [6, 6.07) is 17.3. The van der Waals surface area contributed by atoms with Crippen LogP contribution in [0.15, 0.2) is 60.9 Å². The maximum Gasteiger partial charge on any atom is 0.268 e. The maximum absolute atomic E-state index is 12.9. The average molecular weight is 485 g/mol. The summed E-state index contributed by atoms with van der Waals surface area (Å²) in [5.41, 5.74) is 4.26. The zero-order valence-corrected chi connectivity index (χ0v) is 21.1. The van der Waals surface area contributed by atoms with Gasteiger partial charge in [-0.25, -0.2) is 9.97 Å². The lowest BCUT2D eigenvalue weighted by atomic mass is 10.1. The van der Waals surface area contributed by atoms with Crippen molar-refractivity contribution < 1.29 is 9.59 Å². The van der Waals surface area contributed by atoms with Crippen LogP contribution in [-0.2, 0) is 0 Å². The first-order valence-electron chi connectivity index (χ1n) is 12.4. The Bertz CT molecular complexity index is 1380. The minimum absolute atomic E-state index is 0.0767. The van der Waals surface area contributed by atoms with Gasteiger partial charge in [-0.3, -0.25) is 14.2 Å². The Balaban J connectivity index is 0.00000148. The number of para-hydroxylation sites is 1. The summed E-state index contributed by atoms with van der Waals surface area (Å²) in [5, 5.41) is 9.98. The van der Waals surface area contributed by atoms with Crippen LogP contribution in [0.4, 0.5) is 11.5 Å². The molecule has 2 aromatic heterocycles. The lowest BCUT2D eigenvalue weighted by molar-refractivity contribution is 0.0942. The molecule has 0 spiro atoms. The highest BCUT2D eigenvalue weighted by molar-refractivity contribution is 6.02. The van der Waals surface area contributed by atoms with Crippen LogP contribution >= 0.6 is 0 Å². The van der Waals surface area contributed by atoms with E-state index < -0.39 is 0 Å². The first kappa shape index (κ1) is 24.9. The fourth-order valence-corrected chi connectivity index (χ4v) is 3.89. The molecule has 2 aromatic carbocycles. The number of aryl methyl sites for hydroxylation is 1. The monoisotopic (exact) mass is 484 g/mol. The van der Waals surface area contributed by atoms with Crippen molar-refractivity contribution in [1.82, 2.24) is 25.2 Å². The molecular weight excluding hydrogens is 452 g/mol. The van der Waals surface area contributed by atoms with E-state index >= 15 is 0 Å². The van der Waals surface area contributed by atoms with E-state index in [0.29, 0.717) is 34.7 Å². The number of benzene rings is 2. The average Bonchev–Trinajstić information content (AvgIpc) is 3.63. The Morgan fingerprint density at radius 1 is 1.00 bits per heavy atom. The smallest absolute Gasteiger partial charge is 0.268 e. The van der Waals surface area contributed by atoms with Gasteiger partial charge in [0.05, 0.1) is 5.39 Å². The van der Waals surface area contributed by atoms with Gasteiger partial charge in [0.1, 0.15) is 17.8 Å². The van der Waals surface area contributed by atoms with Crippen LogP contribution in [0, 0.1) is 6.92 Å². The van der Waals surface area contributed by atoms with E-state index in [4.69, 9.17) is 0 Å². The minimum atomic E-state index is -0.190. The van der Waals surface area contributed by atoms with Gasteiger partial charge in [-0.15, -0.1) is 0 Å². The Labute approximate surface area is 211 Å². The number of amides is 2. The minimum Gasteiger partial charge on any atom is -0.351 e. The lowest BCUT2D eigenvalue weighted by Gasteiger charge is -2.12. The summed E-state index contributed by atoms with van der Waals surface area (Å²) >= 11 is 0. The predicted molar refractivity (Wildman–Crippen MR) is 143 cm³/mol. The number of anilines is 2. The van der Waals surface area contributed by atoms with Crippen LogP contribution in [0.25, 0.3) is 16.7 Å². The Kier molecular flexibility index (Phi) is 7.63. The first-order chi connectivity index (χ1) is 17.5. The van der Waals surface area contributed by atoms with Gasteiger partial charge in [0.25, 0.3) is 11.8 Å². The predicted octanol–water partition coefficient (Wildman–Crippen LogP) is 5.14. The van der Waals surface area contributed by atoms with Crippen LogP contribution in [0.3, 0.4) is 0 Å². The molecule has 0 atom stereocenters. The fourth-order valence-electron chi connectivity index (χ4n) is 3.89. The Morgan fingerprint density at radius 3 is 2.44 bits per heavy atom. The summed E-state index contributed by atoms with van der Waals surface area (Å²) in [7, 11) is 0. The van der Waals surface area contributed by atoms with Gasteiger partial charge in [-0.05, 0) is 62.6 Å². The number of rotatable bonds is 7. The third kappa shape index (κ3) is 5.22. The SMILES string of the molecule is CC.CCNC(=O)c1cc2c(Nc3cc(C(=O)NC4CC4)ccc3C)ncnc2n1-c1ccccc1. The summed E-state index contributed by atoms with van der Waals surface area (Å²) < 4.78 is 1.83. The molecule has 0 radical (unpaired) electrons. The number of nitrogens with one attached hydrogen (secondary N) is 3. The first-order valence-corrected chi connectivity index (χ1v) is 12.4. The molecule has 1 fully saturated rings. The second-order valence-electron chi connectivity index (χ2n) is 8.42. The van der Waals surface area contributed by atoms with Gasteiger partial charge in [-0.1, -0.05) is 38.1 Å². The van der Waals surface area contributed by atoms with Crippen molar-refractivity contribution in [2.75, 3.05) is 11.9 Å². The van der Waals surface area contributed by atoms with Crippen molar-refractivity contribution in [3.63, 3.8) is 0 Å². The molecule has 4 aromatic rings. The molecule has 36 heavy (non-hydrogen) atoms. The van der Waals surface area contributed by atoms with Crippen LogP contribution in [0.2, 0.25) is 0 Å². The molecular formula is C28H32N6O2. The maximum atomic E-state index is 12.9. The van der Waals surface area contributed by atoms with Crippen LogP contribution in [0.1, 0.15) is 60.0 Å². The highest BCUT2D eigenvalue weighted by Crippen LogP contribution is 2.30. The fraction of sp³-hybridized carbons (Fsp3) is 0.286. The van der Waals surface area contributed by atoms with Crippen molar-refractivity contribution in [3.8, 4) is 5.69 Å². The van der Waals surface area contributed by atoms with Crippen LogP contribution in [-0.4, -0.2) is 38.9 Å². The largest absolute Gasteiger partial charge is 0.351 e. The molecule has 1 aliphatic carbocycles. The second kappa shape index (κ2) is 11.0. The van der Waals surface area contributed by atoms with Gasteiger partial charge >= 0.3 is 0 Å². The molecule has 0 unspecified atom stereocenters. The van der Waals surface area contributed by atoms with Crippen molar-refractivity contribution in [3.05, 3.63) is 77.7 Å². The number of carbonyl (C=O) groups excluding carboxylic acids is 2.